The first kappa shape index (κ1) is 114. The molecule has 5 saturated carbocycles. The van der Waals surface area contributed by atoms with E-state index >= 15 is 47.9 Å². The van der Waals surface area contributed by atoms with Gasteiger partial charge >= 0.3 is 23.9 Å². The Hall–Kier alpha value is -5.62. The second-order valence-corrected chi connectivity index (χ2v) is 48.2. The van der Waals surface area contributed by atoms with E-state index in [9.17, 15) is 0 Å². The lowest BCUT2D eigenvalue weighted by Crippen LogP contribution is -2.52. The molecule has 0 aromatic heterocycles. The van der Waals surface area contributed by atoms with E-state index < -0.39 is 119 Å². The lowest BCUT2D eigenvalue weighted by molar-refractivity contribution is -0.870. The molecule has 6 amide bonds. The maximum Gasteiger partial charge on any atom is 0.310 e. The third-order valence-corrected chi connectivity index (χ3v) is 27.2. The number of amides is 6. The van der Waals surface area contributed by atoms with Gasteiger partial charge in [-0.05, 0) is 105 Å². The van der Waals surface area contributed by atoms with Crippen LogP contribution in [0.1, 0.15) is 214 Å². The standard InChI is InChI=1S/C101H195N14O14/c1-78(126-98(122)88-54-35-31-50-84(88)92(116)102(59-41-67-109(8,9)10)58-39-40-66-108(5,6)7)74-106(75-79(2)127-99(123)89-55-36-32-51-85(89)93(117)103(60-42-68-110(11,12)13)61-43-69-111(14,15)16)96(120)82-48-29-30-49-83(82)97(121)107(76-80(3)128-100(124)90-56-37-33-52-86(90)94(118)104(62-44-70-112(17,18)19)63-45-71-113(20,21)22)77-81(4)129-101(125)91-57-38-34-53-87(91)95(119)105(64-46-72-114(23,24)25)65-47-73-115(26,27)28/h78-91H,17,29-77H2,1-16,18-28H3/q+7. The molecule has 0 radical (unpaired) electrons. The van der Waals surface area contributed by atoms with Gasteiger partial charge in [0, 0.05) is 123 Å². The summed E-state index contributed by atoms with van der Waals surface area (Å²) in [7, 11) is 53.5. The Morgan fingerprint density at radius 3 is 0.550 bits per heavy atom. The van der Waals surface area contributed by atoms with Crippen molar-refractivity contribution >= 4 is 59.3 Å². The van der Waals surface area contributed by atoms with Gasteiger partial charge in [0.05, 0.1) is 274 Å². The van der Waals surface area contributed by atoms with Gasteiger partial charge in [-0.1, -0.05) is 64.2 Å². The van der Waals surface area contributed by atoms with Gasteiger partial charge in [0.15, 0.2) is 0 Å². The number of ether oxygens (including phenoxy) is 4. The fourth-order valence-corrected chi connectivity index (χ4v) is 20.3. The summed E-state index contributed by atoms with van der Waals surface area (Å²) in [5.74, 6) is -10.1. The van der Waals surface area contributed by atoms with E-state index in [4.69, 9.17) is 18.9 Å². The van der Waals surface area contributed by atoms with Gasteiger partial charge in [0.25, 0.3) is 0 Å². The largest absolute Gasteiger partial charge is 0.462 e. The summed E-state index contributed by atoms with van der Waals surface area (Å²) in [6.07, 6.45) is 15.6. The van der Waals surface area contributed by atoms with Crippen molar-refractivity contribution in [1.82, 2.24) is 29.4 Å². The number of hydrogen-bond donors (Lipinski definition) is 0. The predicted molar refractivity (Wildman–Crippen MR) is 513 cm³/mol. The van der Waals surface area contributed by atoms with Crippen LogP contribution in [0, 0.1) is 66.2 Å². The second kappa shape index (κ2) is 52.5. The van der Waals surface area contributed by atoms with Crippen molar-refractivity contribution in [3.8, 4) is 0 Å². The highest BCUT2D eigenvalue weighted by molar-refractivity contribution is 5.90. The summed E-state index contributed by atoms with van der Waals surface area (Å²) in [5.41, 5.74) is 0. The maximum absolute atomic E-state index is 16.4. The minimum Gasteiger partial charge on any atom is -0.462 e. The van der Waals surface area contributed by atoms with Gasteiger partial charge in [0.2, 0.25) is 35.4 Å². The third kappa shape index (κ3) is 43.3. The highest BCUT2D eigenvalue weighted by Gasteiger charge is 2.48. The number of carbonyl (C=O) groups is 10. The van der Waals surface area contributed by atoms with Gasteiger partial charge in [0.1, 0.15) is 24.4 Å². The molecular formula is C101H195N14O14+7. The monoisotopic (exact) mass is 1830 g/mol. The fourth-order valence-electron chi connectivity index (χ4n) is 20.3. The summed E-state index contributed by atoms with van der Waals surface area (Å²) in [4.78, 5) is 165. The van der Waals surface area contributed by atoms with E-state index in [1.807, 2.05) is 33.7 Å². The van der Waals surface area contributed by atoms with Gasteiger partial charge < -0.3 is 84.2 Å². The minimum atomic E-state index is -0.944. The number of unbranched alkanes of at least 4 members (excludes halogenated alkanes) is 1. The molecule has 14 atom stereocenters. The molecular weight excluding hydrogens is 1630 g/mol. The third-order valence-electron chi connectivity index (χ3n) is 27.2. The van der Waals surface area contributed by atoms with Gasteiger partial charge in [-0.3, -0.25) is 47.9 Å². The Kier molecular flexibility index (Phi) is 46.3. The molecule has 129 heavy (non-hydrogen) atoms. The molecule has 0 aromatic carbocycles. The van der Waals surface area contributed by atoms with Crippen molar-refractivity contribution in [3.05, 3.63) is 7.05 Å². The van der Waals surface area contributed by atoms with E-state index in [1.165, 1.54) is 0 Å². The van der Waals surface area contributed by atoms with E-state index in [2.05, 4.69) is 155 Å². The average Bonchev–Trinajstić information content (AvgIpc) is 0.789. The number of carbonyl (C=O) groups excluding carboxylic acids is 10. The van der Waals surface area contributed by atoms with E-state index in [1.54, 1.807) is 37.5 Å². The molecule has 0 bridgehead atoms. The number of quaternary nitrogens is 8. The van der Waals surface area contributed by atoms with Crippen LogP contribution in [0.15, 0.2) is 0 Å². The SMILES string of the molecule is [CH2-][N+](C)(C)CCCN(CCC[N+](C)(C)C)C(=O)C1CCCCC1C(=O)OC(C)CN(CC(C)OC(=O)C1CCCCC1C(=O)N(CCC[N+](C)(C)C)CCC[N+](C)(C)C)C(=O)C1CCCCC1C(=O)N(CC(C)OC(=O)C1CCCCC1C(=O)N(CCCC[N+](C)(C)C)CCC[N+](C)(C)C)CC(C)OC(=O)C1CCCCC1C(=O)N(CCC[N+](C)(C)C)CCC[N+](C)(C)C. The number of rotatable bonds is 55. The summed E-state index contributed by atoms with van der Waals surface area (Å²) < 4.78 is 32.0. The van der Waals surface area contributed by atoms with Crippen molar-refractivity contribution in [3.63, 3.8) is 0 Å². The molecule has 5 aliphatic rings. The Morgan fingerprint density at radius 2 is 0.372 bits per heavy atom. The van der Waals surface area contributed by atoms with Crippen LogP contribution in [0.4, 0.5) is 0 Å². The smallest absolute Gasteiger partial charge is 0.310 e. The fraction of sp³-hybridized carbons (Fsp3) is 0.891. The van der Waals surface area contributed by atoms with Crippen LogP contribution >= 0.6 is 0 Å². The predicted octanol–water partition coefficient (Wildman–Crippen LogP) is 10.0. The Labute approximate surface area is 785 Å². The van der Waals surface area contributed by atoms with Crippen LogP contribution in [0.25, 0.3) is 0 Å². The van der Waals surface area contributed by atoms with Crippen LogP contribution in [0.5, 0.6) is 0 Å². The van der Waals surface area contributed by atoms with Crippen LogP contribution in [-0.4, -0.2) is 442 Å². The van der Waals surface area contributed by atoms with Crippen molar-refractivity contribution in [2.75, 3.05) is 293 Å². The highest BCUT2D eigenvalue weighted by Crippen LogP contribution is 2.40. The number of esters is 4. The average molecular weight is 1830 g/mol. The van der Waals surface area contributed by atoms with Crippen LogP contribution in [-0.2, 0) is 66.9 Å². The lowest BCUT2D eigenvalue weighted by Gasteiger charge is -2.39. The second-order valence-electron chi connectivity index (χ2n) is 48.2. The van der Waals surface area contributed by atoms with Gasteiger partial charge in [-0.25, -0.2) is 0 Å². The molecule has 0 aromatic rings. The Bertz CT molecular complexity index is 3280. The molecule has 0 N–H and O–H groups in total. The molecule has 0 aliphatic heterocycles. The first-order valence-electron chi connectivity index (χ1n) is 50.6. The van der Waals surface area contributed by atoms with Crippen LogP contribution in [0.3, 0.4) is 0 Å². The van der Waals surface area contributed by atoms with E-state index in [-0.39, 0.29) is 49.8 Å². The molecule has 0 spiro atoms. The molecule has 5 rings (SSSR count). The molecule has 28 nitrogen and oxygen atoms in total. The quantitative estimate of drug-likeness (QED) is 0.0182. The summed E-state index contributed by atoms with van der Waals surface area (Å²) in [6, 6.07) is 0. The first-order chi connectivity index (χ1) is 59.8. The summed E-state index contributed by atoms with van der Waals surface area (Å²) in [5, 5.41) is 0. The molecule has 5 aliphatic carbocycles. The zero-order valence-corrected chi connectivity index (χ0v) is 87.4. The van der Waals surface area contributed by atoms with E-state index in [0.29, 0.717) is 134 Å². The van der Waals surface area contributed by atoms with Crippen molar-refractivity contribution in [1.29, 1.82) is 0 Å². The van der Waals surface area contributed by atoms with Gasteiger partial charge in [-0.15, -0.1) is 7.05 Å². The Balaban J connectivity index is 1.58. The molecule has 28 heteroatoms. The van der Waals surface area contributed by atoms with Crippen molar-refractivity contribution < 1.29 is 103 Å². The molecule has 746 valence electrons. The normalized spacial score (nSPS) is 22.7. The van der Waals surface area contributed by atoms with Crippen molar-refractivity contribution in [2.24, 2.45) is 59.2 Å². The molecule has 0 saturated heterocycles. The summed E-state index contributed by atoms with van der Waals surface area (Å²) >= 11 is 0. The van der Waals surface area contributed by atoms with Gasteiger partial charge in [-0.2, -0.15) is 0 Å². The molecule has 14 unspecified atom stereocenters. The van der Waals surface area contributed by atoms with Crippen molar-refractivity contribution in [2.45, 2.75) is 238 Å². The molecule has 5 fully saturated rings. The lowest BCUT2D eigenvalue weighted by atomic mass is 9.77. The zero-order valence-electron chi connectivity index (χ0n) is 87.4. The highest BCUT2D eigenvalue weighted by atomic mass is 16.6. The Morgan fingerprint density at radius 1 is 0.225 bits per heavy atom. The molecule has 0 heterocycles. The topological polar surface area (TPSA) is 227 Å². The number of nitrogens with zero attached hydrogens (tertiary/aromatic N) is 14. The maximum atomic E-state index is 16.4. The number of hydrogen-bond acceptors (Lipinski definition) is 14. The summed E-state index contributed by atoms with van der Waals surface area (Å²) in [6.45, 7) is 17.9. The van der Waals surface area contributed by atoms with E-state index in [0.717, 1.165) is 193 Å². The van der Waals surface area contributed by atoms with Crippen LogP contribution in [0.2, 0.25) is 0 Å². The van der Waals surface area contributed by atoms with Crippen LogP contribution < -0.4 is 0 Å². The zero-order chi connectivity index (χ0) is 96.8. The minimum absolute atomic E-state index is 0.0242. The first-order valence-corrected chi connectivity index (χ1v) is 50.6.